The molecule has 0 bridgehead atoms. The maximum atomic E-state index is 11.4. The van der Waals surface area contributed by atoms with Crippen molar-refractivity contribution < 1.29 is 14.3 Å². The summed E-state index contributed by atoms with van der Waals surface area (Å²) in [4.78, 5) is 15.9. The van der Waals surface area contributed by atoms with Gasteiger partial charge in [0, 0.05) is 12.5 Å². The summed E-state index contributed by atoms with van der Waals surface area (Å²) in [5.74, 6) is -0.252. The minimum absolute atomic E-state index is 0.197. The van der Waals surface area contributed by atoms with Crippen LogP contribution in [0.1, 0.15) is 29.3 Å². The average molecular weight is 291 g/mol. The van der Waals surface area contributed by atoms with Gasteiger partial charge in [-0.05, 0) is 12.5 Å². The standard InChI is InChI=1S/C15H17NO3S/c1-3-19-13(17)9-12-10-20-15(16-12)14(18-2)11-7-5-4-6-8-11/h4-8,10,14H,3,9H2,1-2H3. The molecule has 0 aliphatic rings. The van der Waals surface area contributed by atoms with Crippen LogP contribution in [0.4, 0.5) is 0 Å². The summed E-state index contributed by atoms with van der Waals surface area (Å²) < 4.78 is 10.4. The smallest absolute Gasteiger partial charge is 0.311 e. The number of nitrogens with zero attached hydrogens (tertiary/aromatic N) is 1. The summed E-state index contributed by atoms with van der Waals surface area (Å²) in [6.07, 6.45) is 0.00685. The van der Waals surface area contributed by atoms with Crippen molar-refractivity contribution in [3.8, 4) is 0 Å². The van der Waals surface area contributed by atoms with Crippen molar-refractivity contribution >= 4 is 17.3 Å². The first-order valence-electron chi connectivity index (χ1n) is 6.42. The molecular weight excluding hydrogens is 274 g/mol. The quantitative estimate of drug-likeness (QED) is 0.768. The summed E-state index contributed by atoms with van der Waals surface area (Å²) in [6, 6.07) is 9.90. The van der Waals surface area contributed by atoms with Crippen LogP contribution in [0.5, 0.6) is 0 Å². The number of hydrogen-bond donors (Lipinski definition) is 0. The molecule has 1 atom stereocenters. The molecule has 106 valence electrons. The van der Waals surface area contributed by atoms with Crippen molar-refractivity contribution in [2.24, 2.45) is 0 Å². The number of benzene rings is 1. The summed E-state index contributed by atoms with van der Waals surface area (Å²) in [5, 5.41) is 2.72. The average Bonchev–Trinajstić information content (AvgIpc) is 2.89. The Labute approximate surface area is 122 Å². The van der Waals surface area contributed by atoms with Gasteiger partial charge in [-0.2, -0.15) is 0 Å². The van der Waals surface area contributed by atoms with Crippen LogP contribution in [0.3, 0.4) is 0 Å². The molecule has 0 saturated heterocycles. The molecule has 5 heteroatoms. The van der Waals surface area contributed by atoms with E-state index in [0.717, 1.165) is 16.3 Å². The molecule has 0 amide bonds. The number of methoxy groups -OCH3 is 1. The van der Waals surface area contributed by atoms with Gasteiger partial charge in [0.2, 0.25) is 0 Å². The highest BCUT2D eigenvalue weighted by Crippen LogP contribution is 2.28. The second-order valence-electron chi connectivity index (χ2n) is 4.19. The highest BCUT2D eigenvalue weighted by molar-refractivity contribution is 7.09. The number of rotatable bonds is 6. The molecule has 20 heavy (non-hydrogen) atoms. The molecule has 0 N–H and O–H groups in total. The van der Waals surface area contributed by atoms with Crippen molar-refractivity contribution in [2.75, 3.05) is 13.7 Å². The summed E-state index contributed by atoms with van der Waals surface area (Å²) in [6.45, 7) is 2.18. The zero-order valence-corrected chi connectivity index (χ0v) is 12.4. The molecule has 4 nitrogen and oxygen atoms in total. The van der Waals surface area contributed by atoms with Gasteiger partial charge in [-0.1, -0.05) is 30.3 Å². The molecule has 1 aromatic heterocycles. The zero-order chi connectivity index (χ0) is 14.4. The van der Waals surface area contributed by atoms with Crippen molar-refractivity contribution in [2.45, 2.75) is 19.4 Å². The molecule has 0 fully saturated rings. The minimum Gasteiger partial charge on any atom is -0.466 e. The van der Waals surface area contributed by atoms with Crippen LogP contribution in [0, 0.1) is 0 Å². The van der Waals surface area contributed by atoms with Gasteiger partial charge in [-0.15, -0.1) is 11.3 Å². The predicted molar refractivity (Wildman–Crippen MR) is 77.7 cm³/mol. The highest BCUT2D eigenvalue weighted by Gasteiger charge is 2.18. The lowest BCUT2D eigenvalue weighted by Gasteiger charge is -2.12. The van der Waals surface area contributed by atoms with E-state index in [1.54, 1.807) is 14.0 Å². The first kappa shape index (κ1) is 14.7. The van der Waals surface area contributed by atoms with E-state index in [4.69, 9.17) is 9.47 Å². The Bertz CT molecular complexity index is 553. The molecule has 0 aliphatic carbocycles. The molecular formula is C15H17NO3S. The third kappa shape index (κ3) is 3.65. The van der Waals surface area contributed by atoms with E-state index in [2.05, 4.69) is 4.98 Å². The van der Waals surface area contributed by atoms with E-state index in [0.29, 0.717) is 6.61 Å². The fourth-order valence-corrected chi connectivity index (χ4v) is 2.81. The second kappa shape index (κ2) is 7.17. The van der Waals surface area contributed by atoms with Gasteiger partial charge in [-0.25, -0.2) is 4.98 Å². The Hall–Kier alpha value is -1.72. The monoisotopic (exact) mass is 291 g/mol. The van der Waals surface area contributed by atoms with E-state index in [1.807, 2.05) is 35.7 Å². The molecule has 0 spiro atoms. The molecule has 2 rings (SSSR count). The van der Waals surface area contributed by atoms with Crippen molar-refractivity contribution in [3.05, 3.63) is 52.0 Å². The number of aromatic nitrogens is 1. The van der Waals surface area contributed by atoms with E-state index >= 15 is 0 Å². The third-order valence-corrected chi connectivity index (χ3v) is 3.70. The van der Waals surface area contributed by atoms with Gasteiger partial charge < -0.3 is 9.47 Å². The SMILES string of the molecule is CCOC(=O)Cc1csc(C(OC)c2ccccc2)n1. The lowest BCUT2D eigenvalue weighted by molar-refractivity contribution is -0.142. The number of ether oxygens (including phenoxy) is 2. The van der Waals surface area contributed by atoms with Gasteiger partial charge in [-0.3, -0.25) is 4.79 Å². The van der Waals surface area contributed by atoms with Crippen LogP contribution in [-0.4, -0.2) is 24.7 Å². The number of thiazole rings is 1. The zero-order valence-electron chi connectivity index (χ0n) is 11.5. The maximum Gasteiger partial charge on any atom is 0.311 e. The normalized spacial score (nSPS) is 12.1. The molecule has 0 radical (unpaired) electrons. The highest BCUT2D eigenvalue weighted by atomic mass is 32.1. The molecule has 1 unspecified atom stereocenters. The van der Waals surface area contributed by atoms with Crippen molar-refractivity contribution in [1.29, 1.82) is 0 Å². The van der Waals surface area contributed by atoms with Crippen LogP contribution in [-0.2, 0) is 20.7 Å². The van der Waals surface area contributed by atoms with Gasteiger partial charge in [0.1, 0.15) is 11.1 Å². The summed E-state index contributed by atoms with van der Waals surface area (Å²) >= 11 is 1.49. The Morgan fingerprint density at radius 1 is 1.35 bits per heavy atom. The van der Waals surface area contributed by atoms with Gasteiger partial charge in [0.25, 0.3) is 0 Å². The van der Waals surface area contributed by atoms with Crippen LogP contribution < -0.4 is 0 Å². The number of hydrogen-bond acceptors (Lipinski definition) is 5. The lowest BCUT2D eigenvalue weighted by atomic mass is 10.1. The van der Waals surface area contributed by atoms with E-state index < -0.39 is 0 Å². The van der Waals surface area contributed by atoms with Crippen LogP contribution in [0.2, 0.25) is 0 Å². The molecule has 0 aliphatic heterocycles. The summed E-state index contributed by atoms with van der Waals surface area (Å²) in [7, 11) is 1.66. The Morgan fingerprint density at radius 3 is 2.75 bits per heavy atom. The topological polar surface area (TPSA) is 48.4 Å². The first-order chi connectivity index (χ1) is 9.74. The molecule has 0 saturated carbocycles. The van der Waals surface area contributed by atoms with Crippen LogP contribution in [0.15, 0.2) is 35.7 Å². The predicted octanol–water partition coefficient (Wildman–Crippen LogP) is 2.98. The minimum atomic E-state index is -0.252. The molecule has 1 heterocycles. The van der Waals surface area contributed by atoms with Crippen molar-refractivity contribution in [1.82, 2.24) is 4.98 Å². The first-order valence-corrected chi connectivity index (χ1v) is 7.30. The number of carbonyl (C=O) groups excluding carboxylic acids is 1. The van der Waals surface area contributed by atoms with Gasteiger partial charge >= 0.3 is 5.97 Å². The number of esters is 1. The fraction of sp³-hybridized carbons (Fsp3) is 0.333. The third-order valence-electron chi connectivity index (χ3n) is 2.76. The molecule has 1 aromatic carbocycles. The van der Waals surface area contributed by atoms with Crippen LogP contribution in [0.25, 0.3) is 0 Å². The second-order valence-corrected chi connectivity index (χ2v) is 5.07. The summed E-state index contributed by atoms with van der Waals surface area (Å²) in [5.41, 5.74) is 1.77. The van der Waals surface area contributed by atoms with Crippen LogP contribution >= 0.6 is 11.3 Å². The van der Waals surface area contributed by atoms with Crippen molar-refractivity contribution in [3.63, 3.8) is 0 Å². The van der Waals surface area contributed by atoms with E-state index in [1.165, 1.54) is 11.3 Å². The Kier molecular flexibility index (Phi) is 5.26. The van der Waals surface area contributed by atoms with E-state index in [-0.39, 0.29) is 18.5 Å². The molecule has 2 aromatic rings. The maximum absolute atomic E-state index is 11.4. The van der Waals surface area contributed by atoms with Gasteiger partial charge in [0.05, 0.1) is 18.7 Å². The largest absolute Gasteiger partial charge is 0.466 e. The van der Waals surface area contributed by atoms with Gasteiger partial charge in [0.15, 0.2) is 0 Å². The Morgan fingerprint density at radius 2 is 2.10 bits per heavy atom. The van der Waals surface area contributed by atoms with E-state index in [9.17, 15) is 4.79 Å². The lowest BCUT2D eigenvalue weighted by Crippen LogP contribution is -2.08. The fourth-order valence-electron chi connectivity index (χ4n) is 1.89. The Balaban J connectivity index is 2.12. The number of carbonyl (C=O) groups is 1.